The maximum absolute atomic E-state index is 9.22. The summed E-state index contributed by atoms with van der Waals surface area (Å²) in [6.07, 6.45) is 0.701. The smallest absolute Gasteiger partial charge is 0.122 e. The van der Waals surface area contributed by atoms with Crippen LogP contribution in [0.1, 0.15) is 31.0 Å². The molecule has 2 N–H and O–H groups in total. The summed E-state index contributed by atoms with van der Waals surface area (Å²) < 4.78 is 5.47. The van der Waals surface area contributed by atoms with Crippen molar-refractivity contribution in [3.05, 3.63) is 29.3 Å². The summed E-state index contributed by atoms with van der Waals surface area (Å²) in [6, 6.07) is 6.59. The van der Waals surface area contributed by atoms with Gasteiger partial charge >= 0.3 is 0 Å². The first-order valence-corrected chi connectivity index (χ1v) is 5.84. The molecule has 16 heavy (non-hydrogen) atoms. The van der Waals surface area contributed by atoms with Crippen LogP contribution < -0.4 is 10.1 Å². The second-order valence-corrected chi connectivity index (χ2v) is 4.44. The summed E-state index contributed by atoms with van der Waals surface area (Å²) in [6.45, 7) is 5.32. The van der Waals surface area contributed by atoms with Crippen LogP contribution in [-0.4, -0.2) is 24.4 Å². The van der Waals surface area contributed by atoms with Crippen LogP contribution in [0.5, 0.6) is 5.75 Å². The van der Waals surface area contributed by atoms with Crippen molar-refractivity contribution in [2.45, 2.75) is 32.4 Å². The van der Waals surface area contributed by atoms with Gasteiger partial charge in [-0.1, -0.05) is 12.1 Å². The van der Waals surface area contributed by atoms with E-state index < -0.39 is 0 Å². The number of ether oxygens (including phenoxy) is 1. The Morgan fingerprint density at radius 3 is 3.00 bits per heavy atom. The van der Waals surface area contributed by atoms with Gasteiger partial charge in [-0.15, -0.1) is 0 Å². The lowest BCUT2D eigenvalue weighted by molar-refractivity contribution is 0.187. The number of hydrogen-bond donors (Lipinski definition) is 2. The van der Waals surface area contributed by atoms with Crippen LogP contribution >= 0.6 is 0 Å². The van der Waals surface area contributed by atoms with E-state index in [-0.39, 0.29) is 12.1 Å². The molecule has 1 aliphatic heterocycles. The molecule has 88 valence electrons. The van der Waals surface area contributed by atoms with Crippen molar-refractivity contribution in [3.8, 4) is 5.75 Å². The monoisotopic (exact) mass is 221 g/mol. The van der Waals surface area contributed by atoms with E-state index in [1.807, 2.05) is 6.07 Å². The Balaban J connectivity index is 2.03. The molecule has 3 heteroatoms. The molecule has 0 radical (unpaired) electrons. The van der Waals surface area contributed by atoms with Gasteiger partial charge in [-0.3, -0.25) is 0 Å². The van der Waals surface area contributed by atoms with Crippen LogP contribution in [0.25, 0.3) is 0 Å². The maximum Gasteiger partial charge on any atom is 0.122 e. The molecule has 2 rings (SSSR count). The Hall–Kier alpha value is -1.06. The van der Waals surface area contributed by atoms with Gasteiger partial charge in [0.05, 0.1) is 12.7 Å². The number of nitrogens with one attached hydrogen (secondary N) is 1. The highest BCUT2D eigenvalue weighted by molar-refractivity contribution is 5.40. The van der Waals surface area contributed by atoms with Gasteiger partial charge in [-0.2, -0.15) is 0 Å². The van der Waals surface area contributed by atoms with Gasteiger partial charge in [0.2, 0.25) is 0 Å². The van der Waals surface area contributed by atoms with E-state index in [9.17, 15) is 5.11 Å². The summed E-state index contributed by atoms with van der Waals surface area (Å²) in [5.41, 5.74) is 2.55. The molecule has 0 spiro atoms. The third-order valence-corrected chi connectivity index (χ3v) is 2.93. The van der Waals surface area contributed by atoms with Gasteiger partial charge in [0.1, 0.15) is 5.75 Å². The average Bonchev–Trinajstić information content (AvgIpc) is 2.72. The van der Waals surface area contributed by atoms with E-state index in [0.29, 0.717) is 6.54 Å². The zero-order valence-electron chi connectivity index (χ0n) is 9.86. The van der Waals surface area contributed by atoms with Gasteiger partial charge < -0.3 is 15.2 Å². The fourth-order valence-corrected chi connectivity index (χ4v) is 1.94. The van der Waals surface area contributed by atoms with E-state index in [1.54, 1.807) is 6.92 Å². The highest BCUT2D eigenvalue weighted by atomic mass is 16.5. The van der Waals surface area contributed by atoms with Crippen molar-refractivity contribution in [1.82, 2.24) is 5.32 Å². The minimum Gasteiger partial charge on any atom is -0.493 e. The molecule has 1 aromatic carbocycles. The minimum atomic E-state index is -0.305. The normalized spacial score (nSPS) is 17.7. The standard InChI is InChI=1S/C13H19NO2/c1-9(15)8-14-10(2)11-3-4-13-12(7-11)5-6-16-13/h3-4,7,9-10,14-15H,5-6,8H2,1-2H3. The van der Waals surface area contributed by atoms with E-state index in [0.717, 1.165) is 18.8 Å². The second-order valence-electron chi connectivity index (χ2n) is 4.44. The summed E-state index contributed by atoms with van der Waals surface area (Å²) in [5, 5.41) is 12.5. The first-order valence-electron chi connectivity index (χ1n) is 5.84. The SMILES string of the molecule is CC(O)CNC(C)c1ccc2c(c1)CCO2. The largest absolute Gasteiger partial charge is 0.493 e. The second kappa shape index (κ2) is 4.85. The molecule has 3 nitrogen and oxygen atoms in total. The van der Waals surface area contributed by atoms with E-state index >= 15 is 0 Å². The zero-order valence-corrected chi connectivity index (χ0v) is 9.86. The minimum absolute atomic E-state index is 0.264. The highest BCUT2D eigenvalue weighted by Crippen LogP contribution is 2.27. The lowest BCUT2D eigenvalue weighted by Crippen LogP contribution is -2.27. The van der Waals surface area contributed by atoms with Crippen molar-refractivity contribution in [2.24, 2.45) is 0 Å². The predicted octanol–water partition coefficient (Wildman–Crippen LogP) is 1.65. The van der Waals surface area contributed by atoms with Gasteiger partial charge in [-0.05, 0) is 31.0 Å². The molecule has 0 amide bonds. The Kier molecular flexibility index (Phi) is 3.46. The summed E-state index contributed by atoms with van der Waals surface area (Å²) >= 11 is 0. The van der Waals surface area contributed by atoms with Crippen LogP contribution in [0.15, 0.2) is 18.2 Å². The Labute approximate surface area is 96.4 Å². The Bertz CT molecular complexity index is 363. The molecule has 0 aliphatic carbocycles. The third-order valence-electron chi connectivity index (χ3n) is 2.93. The number of benzene rings is 1. The van der Waals surface area contributed by atoms with Gasteiger partial charge in [-0.25, -0.2) is 0 Å². The van der Waals surface area contributed by atoms with Crippen LogP contribution in [0.3, 0.4) is 0 Å². The van der Waals surface area contributed by atoms with Gasteiger partial charge in [0, 0.05) is 19.0 Å². The van der Waals surface area contributed by atoms with Crippen molar-refractivity contribution in [1.29, 1.82) is 0 Å². The summed E-state index contributed by atoms with van der Waals surface area (Å²) in [4.78, 5) is 0. The van der Waals surface area contributed by atoms with Crippen molar-refractivity contribution in [3.63, 3.8) is 0 Å². The zero-order chi connectivity index (χ0) is 11.5. The van der Waals surface area contributed by atoms with Crippen LogP contribution in [0.2, 0.25) is 0 Å². The summed E-state index contributed by atoms with van der Waals surface area (Å²) in [5.74, 6) is 1.02. The molecule has 0 saturated heterocycles. The molecule has 0 aromatic heterocycles. The van der Waals surface area contributed by atoms with Crippen LogP contribution in [0.4, 0.5) is 0 Å². The molecule has 1 aromatic rings. The van der Waals surface area contributed by atoms with Crippen molar-refractivity contribution >= 4 is 0 Å². The first kappa shape index (κ1) is 11.4. The number of rotatable bonds is 4. The lowest BCUT2D eigenvalue weighted by Gasteiger charge is -2.16. The van der Waals surface area contributed by atoms with E-state index in [1.165, 1.54) is 11.1 Å². The lowest BCUT2D eigenvalue weighted by atomic mass is 10.0. The predicted molar refractivity (Wildman–Crippen MR) is 63.7 cm³/mol. The quantitative estimate of drug-likeness (QED) is 0.812. The molecule has 2 atom stereocenters. The molecule has 0 fully saturated rings. The topological polar surface area (TPSA) is 41.5 Å². The van der Waals surface area contributed by atoms with Crippen LogP contribution in [0, 0.1) is 0 Å². The van der Waals surface area contributed by atoms with Gasteiger partial charge in [0.15, 0.2) is 0 Å². The molecular weight excluding hydrogens is 202 g/mol. The molecular formula is C13H19NO2. The third kappa shape index (κ3) is 2.54. The molecule has 0 bridgehead atoms. The van der Waals surface area contributed by atoms with E-state index in [2.05, 4.69) is 24.4 Å². The number of fused-ring (bicyclic) bond motifs is 1. The summed E-state index contributed by atoms with van der Waals surface area (Å²) in [7, 11) is 0. The average molecular weight is 221 g/mol. The van der Waals surface area contributed by atoms with Gasteiger partial charge in [0.25, 0.3) is 0 Å². The Morgan fingerprint density at radius 1 is 1.44 bits per heavy atom. The molecule has 0 saturated carbocycles. The van der Waals surface area contributed by atoms with Crippen molar-refractivity contribution in [2.75, 3.05) is 13.2 Å². The molecule has 1 aliphatic rings. The highest BCUT2D eigenvalue weighted by Gasteiger charge is 2.14. The van der Waals surface area contributed by atoms with Crippen LogP contribution in [-0.2, 0) is 6.42 Å². The molecule has 1 heterocycles. The van der Waals surface area contributed by atoms with Crippen molar-refractivity contribution < 1.29 is 9.84 Å². The number of hydrogen-bond acceptors (Lipinski definition) is 3. The fourth-order valence-electron chi connectivity index (χ4n) is 1.94. The van der Waals surface area contributed by atoms with E-state index in [4.69, 9.17) is 4.74 Å². The maximum atomic E-state index is 9.22. The number of aliphatic hydroxyl groups is 1. The molecule has 2 unspecified atom stereocenters. The Morgan fingerprint density at radius 2 is 2.25 bits per heavy atom. The fraction of sp³-hybridized carbons (Fsp3) is 0.538. The first-order chi connectivity index (χ1) is 7.66. The number of aliphatic hydroxyl groups excluding tert-OH is 1.